The van der Waals surface area contributed by atoms with Crippen LogP contribution in [0.4, 0.5) is 5.69 Å². The first kappa shape index (κ1) is 18.7. The molecule has 0 aliphatic rings. The maximum Gasteiger partial charge on any atom is 0.240 e. The number of hydrogen-bond donors (Lipinski definition) is 2. The molecule has 1 amide bonds. The van der Waals surface area contributed by atoms with Gasteiger partial charge in [-0.25, -0.2) is 18.1 Å². The van der Waals surface area contributed by atoms with Crippen molar-refractivity contribution >= 4 is 21.6 Å². The highest BCUT2D eigenvalue weighted by atomic mass is 32.2. The molecule has 3 aromatic rings. The first-order chi connectivity index (χ1) is 12.8. The van der Waals surface area contributed by atoms with Crippen LogP contribution in [-0.4, -0.2) is 29.1 Å². The van der Waals surface area contributed by atoms with Crippen LogP contribution in [0, 0.1) is 0 Å². The number of nitrogens with zero attached hydrogens (tertiary/aromatic N) is 3. The number of rotatable bonds is 6. The number of hydrogen-bond acceptors (Lipinski definition) is 5. The number of carbonyl (C=O) groups is 1. The number of aromatic nitrogens is 3. The molecular formula is C18H19N5O3S. The van der Waals surface area contributed by atoms with Crippen molar-refractivity contribution in [3.05, 3.63) is 60.7 Å². The van der Waals surface area contributed by atoms with Crippen LogP contribution in [0.5, 0.6) is 0 Å². The summed E-state index contributed by atoms with van der Waals surface area (Å²) in [6.07, 6.45) is 1.51. The van der Waals surface area contributed by atoms with E-state index in [1.54, 1.807) is 43.4 Å². The van der Waals surface area contributed by atoms with Gasteiger partial charge >= 0.3 is 0 Å². The molecule has 0 saturated heterocycles. The lowest BCUT2D eigenvalue weighted by molar-refractivity contribution is -0.114. The number of benzene rings is 2. The van der Waals surface area contributed by atoms with Gasteiger partial charge in [-0.2, -0.15) is 5.10 Å². The van der Waals surface area contributed by atoms with E-state index in [2.05, 4.69) is 20.1 Å². The third kappa shape index (κ3) is 4.78. The summed E-state index contributed by atoms with van der Waals surface area (Å²) < 4.78 is 28.8. The second-order valence-corrected chi connectivity index (χ2v) is 7.71. The molecule has 27 heavy (non-hydrogen) atoms. The fourth-order valence-electron chi connectivity index (χ4n) is 2.48. The minimum absolute atomic E-state index is 0.0233. The average Bonchev–Trinajstić information content (AvgIpc) is 3.06. The molecule has 8 nitrogen and oxygen atoms in total. The highest BCUT2D eigenvalue weighted by Gasteiger charge is 2.15. The van der Waals surface area contributed by atoms with E-state index in [0.29, 0.717) is 11.5 Å². The van der Waals surface area contributed by atoms with E-state index < -0.39 is 10.0 Å². The summed E-state index contributed by atoms with van der Waals surface area (Å²) in [7, 11) is -1.94. The molecule has 1 heterocycles. The van der Waals surface area contributed by atoms with E-state index in [0.717, 1.165) is 11.1 Å². The Kier molecular flexibility index (Phi) is 5.33. The Morgan fingerprint density at radius 1 is 1.04 bits per heavy atom. The van der Waals surface area contributed by atoms with Crippen molar-refractivity contribution in [1.29, 1.82) is 0 Å². The molecule has 0 saturated carbocycles. The third-order valence-electron chi connectivity index (χ3n) is 3.77. The number of sulfonamides is 1. The molecule has 0 spiro atoms. The highest BCUT2D eigenvalue weighted by Crippen LogP contribution is 2.23. The predicted octanol–water partition coefficient (Wildman–Crippen LogP) is 1.92. The number of anilines is 1. The van der Waals surface area contributed by atoms with E-state index in [1.807, 2.05) is 12.1 Å². The van der Waals surface area contributed by atoms with Crippen molar-refractivity contribution in [3.8, 4) is 11.1 Å². The molecule has 0 aliphatic carbocycles. The summed E-state index contributed by atoms with van der Waals surface area (Å²) in [6.45, 7) is 1.47. The number of nitrogens with one attached hydrogen (secondary N) is 2. The Hall–Kier alpha value is -3.04. The largest absolute Gasteiger partial charge is 0.326 e. The Labute approximate surface area is 157 Å². The minimum atomic E-state index is -3.66. The van der Waals surface area contributed by atoms with Crippen LogP contribution in [0.2, 0.25) is 0 Å². The Bertz CT molecular complexity index is 1040. The van der Waals surface area contributed by atoms with Crippen molar-refractivity contribution in [3.63, 3.8) is 0 Å². The Morgan fingerprint density at radius 2 is 1.63 bits per heavy atom. The van der Waals surface area contributed by atoms with Gasteiger partial charge in [0.05, 0.1) is 11.4 Å². The lowest BCUT2D eigenvalue weighted by Crippen LogP contribution is -2.23. The maximum atomic E-state index is 12.4. The molecule has 0 aliphatic heterocycles. The van der Waals surface area contributed by atoms with E-state index in [1.165, 1.54) is 17.9 Å². The van der Waals surface area contributed by atoms with Crippen molar-refractivity contribution in [2.75, 3.05) is 5.32 Å². The van der Waals surface area contributed by atoms with Gasteiger partial charge < -0.3 is 5.32 Å². The first-order valence-electron chi connectivity index (χ1n) is 8.16. The molecule has 0 radical (unpaired) electrons. The highest BCUT2D eigenvalue weighted by molar-refractivity contribution is 7.89. The molecule has 140 valence electrons. The molecule has 1 aromatic heterocycles. The molecular weight excluding hydrogens is 366 g/mol. The molecule has 0 fully saturated rings. The van der Waals surface area contributed by atoms with Crippen LogP contribution in [-0.2, 0) is 28.4 Å². The van der Waals surface area contributed by atoms with Gasteiger partial charge in [-0.1, -0.05) is 24.3 Å². The Balaban J connectivity index is 1.71. The molecule has 2 N–H and O–H groups in total. The summed E-state index contributed by atoms with van der Waals surface area (Å²) in [4.78, 5) is 15.2. The smallest absolute Gasteiger partial charge is 0.240 e. The van der Waals surface area contributed by atoms with Crippen LogP contribution in [0.15, 0.2) is 59.8 Å². The van der Waals surface area contributed by atoms with E-state index in [4.69, 9.17) is 0 Å². The summed E-state index contributed by atoms with van der Waals surface area (Å²) in [6, 6.07) is 13.9. The predicted molar refractivity (Wildman–Crippen MR) is 101 cm³/mol. The van der Waals surface area contributed by atoms with Gasteiger partial charge in [0.2, 0.25) is 15.9 Å². The second-order valence-electron chi connectivity index (χ2n) is 5.94. The quantitative estimate of drug-likeness (QED) is 0.674. The van der Waals surface area contributed by atoms with E-state index in [-0.39, 0.29) is 17.3 Å². The molecule has 0 atom stereocenters. The third-order valence-corrected chi connectivity index (χ3v) is 5.19. The SMILES string of the molecule is CC(=O)Nc1ccc(-c2ccc(S(=O)(=O)NCc3ncn(C)n3)cc2)cc1. The van der Waals surface area contributed by atoms with Gasteiger partial charge in [-0.05, 0) is 35.4 Å². The number of amides is 1. The monoisotopic (exact) mass is 385 g/mol. The van der Waals surface area contributed by atoms with Crippen molar-refractivity contribution in [2.45, 2.75) is 18.4 Å². The molecule has 0 unspecified atom stereocenters. The standard InChI is InChI=1S/C18H19N5O3S/c1-13(24)21-16-7-3-14(4-8-16)15-5-9-17(10-6-15)27(25,26)20-11-18-19-12-23(2)22-18/h3-10,12,20H,11H2,1-2H3,(H,21,24). The van der Waals surface area contributed by atoms with E-state index in [9.17, 15) is 13.2 Å². The van der Waals surface area contributed by atoms with Crippen LogP contribution >= 0.6 is 0 Å². The summed E-state index contributed by atoms with van der Waals surface area (Å²) in [5, 5.41) is 6.74. The van der Waals surface area contributed by atoms with Gasteiger partial charge in [-0.15, -0.1) is 0 Å². The summed E-state index contributed by atoms with van der Waals surface area (Å²) in [5.74, 6) is 0.266. The normalized spacial score (nSPS) is 11.3. The van der Waals surface area contributed by atoms with Crippen LogP contribution in [0.25, 0.3) is 11.1 Å². The van der Waals surface area contributed by atoms with Crippen LogP contribution < -0.4 is 10.0 Å². The first-order valence-corrected chi connectivity index (χ1v) is 9.64. The number of aryl methyl sites for hydroxylation is 1. The molecule has 2 aromatic carbocycles. The van der Waals surface area contributed by atoms with Gasteiger partial charge in [0, 0.05) is 19.7 Å². The topological polar surface area (TPSA) is 106 Å². The zero-order valence-electron chi connectivity index (χ0n) is 14.9. The zero-order chi connectivity index (χ0) is 19.4. The molecule has 3 rings (SSSR count). The van der Waals surface area contributed by atoms with Gasteiger partial charge in [0.1, 0.15) is 6.33 Å². The van der Waals surface area contributed by atoms with Crippen LogP contribution in [0.3, 0.4) is 0 Å². The maximum absolute atomic E-state index is 12.4. The Morgan fingerprint density at radius 3 is 2.15 bits per heavy atom. The van der Waals surface area contributed by atoms with Crippen LogP contribution in [0.1, 0.15) is 12.7 Å². The molecule has 9 heteroatoms. The van der Waals surface area contributed by atoms with Gasteiger partial charge in [-0.3, -0.25) is 9.48 Å². The number of carbonyl (C=O) groups excluding carboxylic acids is 1. The lowest BCUT2D eigenvalue weighted by Gasteiger charge is -2.08. The molecule has 0 bridgehead atoms. The lowest BCUT2D eigenvalue weighted by atomic mass is 10.1. The van der Waals surface area contributed by atoms with Gasteiger partial charge in [0.25, 0.3) is 0 Å². The van der Waals surface area contributed by atoms with Crippen molar-refractivity contribution in [2.24, 2.45) is 7.05 Å². The summed E-state index contributed by atoms with van der Waals surface area (Å²) >= 11 is 0. The van der Waals surface area contributed by atoms with Crippen molar-refractivity contribution in [1.82, 2.24) is 19.5 Å². The average molecular weight is 385 g/mol. The van der Waals surface area contributed by atoms with Crippen molar-refractivity contribution < 1.29 is 13.2 Å². The van der Waals surface area contributed by atoms with Gasteiger partial charge in [0.15, 0.2) is 5.82 Å². The fourth-order valence-corrected chi connectivity index (χ4v) is 3.46. The fraction of sp³-hybridized carbons (Fsp3) is 0.167. The minimum Gasteiger partial charge on any atom is -0.326 e. The zero-order valence-corrected chi connectivity index (χ0v) is 15.7. The van der Waals surface area contributed by atoms with E-state index >= 15 is 0 Å². The second kappa shape index (κ2) is 7.68. The summed E-state index contributed by atoms with van der Waals surface area (Å²) in [5.41, 5.74) is 2.49.